The molecule has 5 atom stereocenters. The highest BCUT2D eigenvalue weighted by molar-refractivity contribution is 5.98. The number of nitrogens with one attached hydrogen (secondary N) is 2. The van der Waals surface area contributed by atoms with E-state index in [0.717, 1.165) is 47.1 Å². The Morgan fingerprint density at radius 3 is 1.45 bits per heavy atom. The second kappa shape index (κ2) is 19.7. The van der Waals surface area contributed by atoms with Crippen LogP contribution in [0.15, 0.2) is 72.8 Å². The molecule has 66 heavy (non-hydrogen) atoms. The Labute approximate surface area is 389 Å². The smallest absolute Gasteiger partial charge is 0.407 e. The molecule has 2 aliphatic heterocycles. The van der Waals surface area contributed by atoms with Crippen LogP contribution < -0.4 is 22.1 Å². The molecule has 0 spiro atoms. The zero-order valence-corrected chi connectivity index (χ0v) is 40.0. The van der Waals surface area contributed by atoms with Crippen LogP contribution in [0.5, 0.6) is 0 Å². The number of allylic oxidation sites excluding steroid dienone is 2. The van der Waals surface area contributed by atoms with Gasteiger partial charge in [-0.3, -0.25) is 19.2 Å². The van der Waals surface area contributed by atoms with Crippen molar-refractivity contribution in [3.05, 3.63) is 106 Å². The Morgan fingerprint density at radius 1 is 0.636 bits per heavy atom. The van der Waals surface area contributed by atoms with Crippen molar-refractivity contribution in [3.63, 3.8) is 0 Å². The first kappa shape index (κ1) is 49.3. The summed E-state index contributed by atoms with van der Waals surface area (Å²) in [5.41, 5.74) is 17.4. The molecule has 354 valence electrons. The van der Waals surface area contributed by atoms with Gasteiger partial charge in [-0.25, -0.2) is 9.59 Å². The summed E-state index contributed by atoms with van der Waals surface area (Å²) in [6.45, 7) is 14.5. The molecular weight excluding hydrogens is 837 g/mol. The minimum absolute atomic E-state index is 0.0430. The van der Waals surface area contributed by atoms with Gasteiger partial charge in [-0.05, 0) is 107 Å². The Hall–Kier alpha value is -6.18. The molecule has 0 saturated carbocycles. The number of rotatable bonds is 13. The van der Waals surface area contributed by atoms with Gasteiger partial charge >= 0.3 is 12.2 Å². The third kappa shape index (κ3) is 9.28. The molecular formula is C52H68N6O8. The Morgan fingerprint density at radius 2 is 1.06 bits per heavy atom. The highest BCUT2D eigenvalue weighted by atomic mass is 16.5. The first-order chi connectivity index (χ1) is 31.2. The van der Waals surface area contributed by atoms with Gasteiger partial charge in [0.25, 0.3) is 0 Å². The van der Waals surface area contributed by atoms with Crippen molar-refractivity contribution in [3.8, 4) is 0 Å². The number of nitrogens with zero attached hydrogens (tertiary/aromatic N) is 2. The normalized spacial score (nSPS) is 22.0. The van der Waals surface area contributed by atoms with Crippen LogP contribution in [0.4, 0.5) is 9.59 Å². The monoisotopic (exact) mass is 905 g/mol. The highest BCUT2D eigenvalue weighted by Gasteiger charge is 2.53. The SMILES string of the molecule is COC(=O)N[C@H](C(=O)N1CCC[C@@]1(C(N)=O)c1ccc(C2=C(c3ccc(C(C)(C)C)cc3)C(c3ccc([C@]4(C(N)=O)CCCN4C(=O)[C@@H](NC(=O)OC)C(C)C)cc3)CCC2)cc1)C(C)C. The summed E-state index contributed by atoms with van der Waals surface area (Å²) in [5, 5.41) is 5.31. The molecule has 2 fully saturated rings. The third-order valence-electron chi connectivity index (χ3n) is 14.0. The number of carbonyl (C=O) groups is 6. The number of amides is 6. The quantitative estimate of drug-likeness (QED) is 0.138. The summed E-state index contributed by atoms with van der Waals surface area (Å²) in [6, 6.07) is 22.6. The van der Waals surface area contributed by atoms with Crippen molar-refractivity contribution in [2.45, 2.75) is 128 Å². The average molecular weight is 905 g/mol. The maximum absolute atomic E-state index is 14.2. The van der Waals surface area contributed by atoms with Crippen LogP contribution in [0.3, 0.4) is 0 Å². The molecule has 1 unspecified atom stereocenters. The largest absolute Gasteiger partial charge is 0.453 e. The molecule has 6 N–H and O–H groups in total. The Balaban J connectivity index is 1.41. The van der Waals surface area contributed by atoms with E-state index in [1.807, 2.05) is 76.2 Å². The summed E-state index contributed by atoms with van der Waals surface area (Å²) in [6.07, 6.45) is 2.87. The Kier molecular flexibility index (Phi) is 14.7. The summed E-state index contributed by atoms with van der Waals surface area (Å²) < 4.78 is 9.62. The number of nitrogens with two attached hydrogens (primary N) is 2. The lowest BCUT2D eigenvalue weighted by Crippen LogP contribution is -2.59. The zero-order valence-electron chi connectivity index (χ0n) is 40.0. The van der Waals surface area contributed by atoms with Gasteiger partial charge in [0, 0.05) is 19.0 Å². The summed E-state index contributed by atoms with van der Waals surface area (Å²) >= 11 is 0. The lowest BCUT2D eigenvalue weighted by atomic mass is 9.73. The van der Waals surface area contributed by atoms with Gasteiger partial charge in [-0.1, -0.05) is 121 Å². The van der Waals surface area contributed by atoms with Gasteiger partial charge in [0.2, 0.25) is 23.6 Å². The van der Waals surface area contributed by atoms with E-state index in [4.69, 9.17) is 20.9 Å². The highest BCUT2D eigenvalue weighted by Crippen LogP contribution is 2.49. The van der Waals surface area contributed by atoms with Crippen LogP contribution in [-0.4, -0.2) is 85.0 Å². The number of carbonyl (C=O) groups excluding carboxylic acids is 6. The third-order valence-corrected chi connectivity index (χ3v) is 14.0. The number of alkyl carbamates (subject to hydrolysis) is 2. The van der Waals surface area contributed by atoms with E-state index in [0.29, 0.717) is 49.9 Å². The van der Waals surface area contributed by atoms with Crippen molar-refractivity contribution < 1.29 is 38.2 Å². The number of methoxy groups -OCH3 is 2. The van der Waals surface area contributed by atoms with Crippen LogP contribution in [0.1, 0.15) is 133 Å². The van der Waals surface area contributed by atoms with Gasteiger partial charge in [0.05, 0.1) is 14.2 Å². The number of hydrogen-bond acceptors (Lipinski definition) is 8. The zero-order chi connectivity index (χ0) is 48.3. The fourth-order valence-electron chi connectivity index (χ4n) is 10.4. The molecule has 2 heterocycles. The fourth-order valence-corrected chi connectivity index (χ4v) is 10.4. The molecule has 3 aromatic rings. The fraction of sp³-hybridized carbons (Fsp3) is 0.500. The maximum atomic E-state index is 14.2. The molecule has 0 bridgehead atoms. The van der Waals surface area contributed by atoms with Crippen LogP contribution in [0.25, 0.3) is 11.1 Å². The van der Waals surface area contributed by atoms with Crippen molar-refractivity contribution in [1.29, 1.82) is 0 Å². The van der Waals surface area contributed by atoms with Crippen molar-refractivity contribution >= 4 is 47.0 Å². The molecule has 6 amide bonds. The van der Waals surface area contributed by atoms with E-state index in [9.17, 15) is 28.8 Å². The second-order valence-corrected chi connectivity index (χ2v) is 19.7. The van der Waals surface area contributed by atoms with E-state index in [1.165, 1.54) is 29.6 Å². The van der Waals surface area contributed by atoms with Crippen molar-refractivity contribution in [2.75, 3.05) is 27.3 Å². The number of likely N-dealkylation sites (tertiary alicyclic amines) is 2. The van der Waals surface area contributed by atoms with Crippen LogP contribution >= 0.6 is 0 Å². The molecule has 14 nitrogen and oxygen atoms in total. The molecule has 14 heteroatoms. The lowest BCUT2D eigenvalue weighted by Gasteiger charge is -2.39. The van der Waals surface area contributed by atoms with Crippen molar-refractivity contribution in [1.82, 2.24) is 20.4 Å². The van der Waals surface area contributed by atoms with E-state index in [-0.39, 0.29) is 23.2 Å². The first-order valence-electron chi connectivity index (χ1n) is 23.2. The molecule has 0 aromatic heterocycles. The van der Waals surface area contributed by atoms with Crippen LogP contribution in [-0.2, 0) is 45.1 Å². The summed E-state index contributed by atoms with van der Waals surface area (Å²) in [5.74, 6) is -2.67. The van der Waals surface area contributed by atoms with E-state index < -0.39 is 59.0 Å². The average Bonchev–Trinajstić information content (AvgIpc) is 3.96. The van der Waals surface area contributed by atoms with Crippen LogP contribution in [0.2, 0.25) is 0 Å². The van der Waals surface area contributed by atoms with Crippen LogP contribution in [0, 0.1) is 11.8 Å². The van der Waals surface area contributed by atoms with E-state index in [2.05, 4.69) is 55.7 Å². The standard InChI is InChI=1S/C52H68N6O8/c1-31(2)42(55-48(63)65-8)44(59)57-29-11-27-51(57,46(53)61)37-23-15-33(16-24-37)39-13-10-14-40(41(39)35-19-21-36(22-20-35)50(5,6)7)34-17-25-38(26-18-34)52(47(54)62)28-12-30-58(52)45(60)43(32(3)4)56-49(64)66-9/h15-26,31-32,39,42-43H,10-14,27-30H2,1-9H3,(H2,53,61)(H2,54,62)(H,55,63)(H,56,64)/t39?,42-,43-,51-,52-/m0/s1. The van der Waals surface area contributed by atoms with E-state index in [1.54, 1.807) is 0 Å². The topological polar surface area (TPSA) is 203 Å². The molecule has 1 aliphatic carbocycles. The van der Waals surface area contributed by atoms with Gasteiger partial charge in [-0.15, -0.1) is 0 Å². The molecule has 0 radical (unpaired) electrons. The van der Waals surface area contributed by atoms with Gasteiger partial charge in [-0.2, -0.15) is 0 Å². The summed E-state index contributed by atoms with van der Waals surface area (Å²) in [7, 11) is 2.48. The predicted molar refractivity (Wildman–Crippen MR) is 253 cm³/mol. The van der Waals surface area contributed by atoms with Gasteiger partial charge < -0.3 is 41.4 Å². The Bertz CT molecular complexity index is 2340. The molecule has 6 rings (SSSR count). The second-order valence-electron chi connectivity index (χ2n) is 19.7. The molecule has 2 saturated heterocycles. The number of benzene rings is 3. The minimum Gasteiger partial charge on any atom is -0.453 e. The number of ether oxygens (including phenoxy) is 2. The predicted octanol–water partition coefficient (Wildman–Crippen LogP) is 7.23. The molecule has 3 aromatic carbocycles. The summed E-state index contributed by atoms with van der Waals surface area (Å²) in [4.78, 5) is 83.1. The number of primary amides is 2. The first-order valence-corrected chi connectivity index (χ1v) is 23.2. The lowest BCUT2D eigenvalue weighted by molar-refractivity contribution is -0.146. The van der Waals surface area contributed by atoms with Crippen molar-refractivity contribution in [2.24, 2.45) is 23.3 Å². The minimum atomic E-state index is -1.41. The van der Waals surface area contributed by atoms with E-state index >= 15 is 0 Å². The van der Waals surface area contributed by atoms with Gasteiger partial charge in [0.15, 0.2) is 0 Å². The number of hydrogen-bond donors (Lipinski definition) is 4. The molecule has 3 aliphatic rings. The maximum Gasteiger partial charge on any atom is 0.407 e. The van der Waals surface area contributed by atoms with Gasteiger partial charge in [0.1, 0.15) is 23.2 Å².